The normalized spacial score (nSPS) is 13.1. The zero-order valence-electron chi connectivity index (χ0n) is 12.2. The number of nitrogens with one attached hydrogen (secondary N) is 1. The van der Waals surface area contributed by atoms with Crippen LogP contribution in [0.3, 0.4) is 0 Å². The molecule has 0 unspecified atom stereocenters. The Kier molecular flexibility index (Phi) is 4.44. The maximum Gasteiger partial charge on any atom is 0.241 e. The van der Waals surface area contributed by atoms with Crippen LogP contribution in [0.25, 0.3) is 0 Å². The average molecular weight is 307 g/mol. The van der Waals surface area contributed by atoms with Crippen LogP contribution >= 0.6 is 0 Å². The standard InChI is InChI=1S/C16H18FNO2S/c1-11-4-9-16(12(2)10-11)21(19,20)18-13(3)14-5-7-15(17)8-6-14/h4-10,13,18H,1-3H3/t13-/m1/s1. The van der Waals surface area contributed by atoms with Gasteiger partial charge in [-0.15, -0.1) is 0 Å². The van der Waals surface area contributed by atoms with Crippen molar-refractivity contribution in [2.75, 3.05) is 0 Å². The van der Waals surface area contributed by atoms with Crippen molar-refractivity contribution in [3.8, 4) is 0 Å². The predicted molar refractivity (Wildman–Crippen MR) is 81.1 cm³/mol. The monoisotopic (exact) mass is 307 g/mol. The molecule has 0 saturated heterocycles. The van der Waals surface area contributed by atoms with Gasteiger partial charge in [-0.1, -0.05) is 29.8 Å². The molecule has 2 rings (SSSR count). The molecule has 5 heteroatoms. The van der Waals surface area contributed by atoms with Gasteiger partial charge in [-0.3, -0.25) is 0 Å². The van der Waals surface area contributed by atoms with Gasteiger partial charge in [0.25, 0.3) is 0 Å². The molecule has 0 spiro atoms. The second-order valence-electron chi connectivity index (χ2n) is 5.16. The van der Waals surface area contributed by atoms with E-state index in [1.807, 2.05) is 13.0 Å². The molecule has 3 nitrogen and oxygen atoms in total. The Balaban J connectivity index is 2.26. The van der Waals surface area contributed by atoms with Gasteiger partial charge in [0.2, 0.25) is 10.0 Å². The van der Waals surface area contributed by atoms with E-state index in [4.69, 9.17) is 0 Å². The summed E-state index contributed by atoms with van der Waals surface area (Å²) in [5.41, 5.74) is 2.43. The summed E-state index contributed by atoms with van der Waals surface area (Å²) >= 11 is 0. The van der Waals surface area contributed by atoms with Gasteiger partial charge in [0.15, 0.2) is 0 Å². The highest BCUT2D eigenvalue weighted by Crippen LogP contribution is 2.20. The van der Waals surface area contributed by atoms with E-state index >= 15 is 0 Å². The zero-order valence-corrected chi connectivity index (χ0v) is 13.0. The largest absolute Gasteiger partial charge is 0.241 e. The van der Waals surface area contributed by atoms with E-state index in [0.717, 1.165) is 5.56 Å². The first-order chi connectivity index (χ1) is 9.79. The third-order valence-electron chi connectivity index (χ3n) is 3.32. The molecule has 2 aromatic carbocycles. The highest BCUT2D eigenvalue weighted by molar-refractivity contribution is 7.89. The number of benzene rings is 2. The van der Waals surface area contributed by atoms with Crippen LogP contribution in [-0.2, 0) is 10.0 Å². The van der Waals surface area contributed by atoms with Crippen molar-refractivity contribution in [2.24, 2.45) is 0 Å². The molecule has 112 valence electrons. The van der Waals surface area contributed by atoms with Gasteiger partial charge in [0, 0.05) is 6.04 Å². The number of halogens is 1. The maximum atomic E-state index is 12.9. The highest BCUT2D eigenvalue weighted by atomic mass is 32.2. The van der Waals surface area contributed by atoms with E-state index in [-0.39, 0.29) is 10.7 Å². The van der Waals surface area contributed by atoms with Gasteiger partial charge < -0.3 is 0 Å². The molecule has 0 heterocycles. The predicted octanol–water partition coefficient (Wildman–Crippen LogP) is 3.48. The minimum atomic E-state index is -3.61. The summed E-state index contributed by atoms with van der Waals surface area (Å²) in [4.78, 5) is 0.266. The van der Waals surface area contributed by atoms with E-state index in [1.165, 1.54) is 12.1 Å². The van der Waals surface area contributed by atoms with Crippen LogP contribution in [0.1, 0.15) is 29.7 Å². The van der Waals surface area contributed by atoms with Crippen molar-refractivity contribution < 1.29 is 12.8 Å². The average Bonchev–Trinajstić information content (AvgIpc) is 2.38. The Morgan fingerprint density at radius 3 is 2.24 bits per heavy atom. The smallest absolute Gasteiger partial charge is 0.207 e. The maximum absolute atomic E-state index is 12.9. The summed E-state index contributed by atoms with van der Waals surface area (Å²) in [6, 6.07) is 10.5. The van der Waals surface area contributed by atoms with Crippen molar-refractivity contribution in [3.05, 3.63) is 65.0 Å². The fourth-order valence-electron chi connectivity index (χ4n) is 2.22. The van der Waals surface area contributed by atoms with E-state index in [1.54, 1.807) is 38.1 Å². The molecule has 21 heavy (non-hydrogen) atoms. The number of sulfonamides is 1. The van der Waals surface area contributed by atoms with Gasteiger partial charge in [0.05, 0.1) is 4.90 Å². The summed E-state index contributed by atoms with van der Waals surface area (Å²) in [5.74, 6) is -0.344. The molecule has 0 aliphatic carbocycles. The first-order valence-electron chi connectivity index (χ1n) is 6.64. The summed E-state index contributed by atoms with van der Waals surface area (Å²) in [5, 5.41) is 0. The van der Waals surface area contributed by atoms with E-state index in [0.29, 0.717) is 11.1 Å². The van der Waals surface area contributed by atoms with E-state index < -0.39 is 16.1 Å². The van der Waals surface area contributed by atoms with Gasteiger partial charge in [-0.25, -0.2) is 17.5 Å². The molecule has 0 aliphatic heterocycles. The van der Waals surface area contributed by atoms with E-state index in [9.17, 15) is 12.8 Å². The second kappa shape index (κ2) is 5.95. The molecule has 2 aromatic rings. The third kappa shape index (κ3) is 3.68. The second-order valence-corrected chi connectivity index (χ2v) is 6.85. The lowest BCUT2D eigenvalue weighted by molar-refractivity contribution is 0.566. The molecule has 0 aromatic heterocycles. The quantitative estimate of drug-likeness (QED) is 0.940. The Labute approximate surface area is 124 Å². The molecule has 1 N–H and O–H groups in total. The summed E-state index contributed by atoms with van der Waals surface area (Å²) in [6.45, 7) is 5.41. The van der Waals surface area contributed by atoms with Crippen LogP contribution in [0.15, 0.2) is 47.4 Å². The molecule has 0 saturated carbocycles. The van der Waals surface area contributed by atoms with Crippen LogP contribution < -0.4 is 4.72 Å². The lowest BCUT2D eigenvalue weighted by Crippen LogP contribution is -2.27. The number of rotatable bonds is 4. The highest BCUT2D eigenvalue weighted by Gasteiger charge is 2.20. The Hall–Kier alpha value is -1.72. The van der Waals surface area contributed by atoms with Crippen molar-refractivity contribution in [3.63, 3.8) is 0 Å². The zero-order chi connectivity index (χ0) is 15.6. The van der Waals surface area contributed by atoms with Crippen molar-refractivity contribution in [2.45, 2.75) is 31.7 Å². The van der Waals surface area contributed by atoms with Gasteiger partial charge >= 0.3 is 0 Å². The molecule has 1 atom stereocenters. The van der Waals surface area contributed by atoms with Gasteiger partial charge in [-0.2, -0.15) is 0 Å². The summed E-state index contributed by atoms with van der Waals surface area (Å²) in [6.07, 6.45) is 0. The Bertz CT molecular complexity index is 739. The molecule has 0 aliphatic rings. The third-order valence-corrected chi connectivity index (χ3v) is 5.02. The van der Waals surface area contributed by atoms with Crippen LogP contribution in [0, 0.1) is 19.7 Å². The first kappa shape index (κ1) is 15.7. The van der Waals surface area contributed by atoms with Crippen LogP contribution in [-0.4, -0.2) is 8.42 Å². The van der Waals surface area contributed by atoms with Crippen LogP contribution in [0.5, 0.6) is 0 Å². The SMILES string of the molecule is Cc1ccc(S(=O)(=O)N[C@H](C)c2ccc(F)cc2)c(C)c1. The summed E-state index contributed by atoms with van der Waals surface area (Å²) in [7, 11) is -3.61. The topological polar surface area (TPSA) is 46.2 Å². The molecule has 0 fully saturated rings. The lowest BCUT2D eigenvalue weighted by Gasteiger charge is -2.16. The van der Waals surface area contributed by atoms with Gasteiger partial charge in [0.1, 0.15) is 5.82 Å². The van der Waals surface area contributed by atoms with Crippen molar-refractivity contribution in [1.82, 2.24) is 4.72 Å². The van der Waals surface area contributed by atoms with Crippen LogP contribution in [0.2, 0.25) is 0 Å². The molecular formula is C16H18FNO2S. The fraction of sp³-hybridized carbons (Fsp3) is 0.250. The molecule has 0 amide bonds. The first-order valence-corrected chi connectivity index (χ1v) is 8.13. The summed E-state index contributed by atoms with van der Waals surface area (Å²) < 4.78 is 40.4. The lowest BCUT2D eigenvalue weighted by atomic mass is 10.1. The van der Waals surface area contributed by atoms with Gasteiger partial charge in [-0.05, 0) is 50.1 Å². The minimum absolute atomic E-state index is 0.266. The van der Waals surface area contributed by atoms with Crippen molar-refractivity contribution in [1.29, 1.82) is 0 Å². The minimum Gasteiger partial charge on any atom is -0.207 e. The molecular weight excluding hydrogens is 289 g/mol. The van der Waals surface area contributed by atoms with Crippen LogP contribution in [0.4, 0.5) is 4.39 Å². The number of hydrogen-bond acceptors (Lipinski definition) is 2. The number of aryl methyl sites for hydroxylation is 2. The number of hydrogen-bond donors (Lipinski definition) is 1. The Morgan fingerprint density at radius 1 is 1.05 bits per heavy atom. The fourth-order valence-corrected chi connectivity index (χ4v) is 3.68. The van der Waals surface area contributed by atoms with E-state index in [2.05, 4.69) is 4.72 Å². The molecule has 0 bridgehead atoms. The van der Waals surface area contributed by atoms with Crippen molar-refractivity contribution >= 4 is 10.0 Å². The molecule has 0 radical (unpaired) electrons. The Morgan fingerprint density at radius 2 is 1.67 bits per heavy atom.